The molecule has 0 aromatic carbocycles. The largest absolute Gasteiger partial charge is 0.378 e. The second kappa shape index (κ2) is 10.4. The number of Topliss-reactive ketones (excluding diaryl/α,β-unsaturated/α-hetero) is 1. The van der Waals surface area contributed by atoms with Gasteiger partial charge >= 0.3 is 0 Å². The lowest BCUT2D eigenvalue weighted by molar-refractivity contribution is -0.131. The first-order valence-electron chi connectivity index (χ1n) is 6.39. The van der Waals surface area contributed by atoms with Crippen LogP contribution < -0.4 is 5.32 Å². The molecule has 18 heavy (non-hydrogen) atoms. The second-order valence-electron chi connectivity index (χ2n) is 5.05. The minimum absolute atomic E-state index is 0.109. The van der Waals surface area contributed by atoms with Crippen molar-refractivity contribution in [3.8, 4) is 0 Å². The van der Waals surface area contributed by atoms with E-state index in [-0.39, 0.29) is 17.8 Å². The van der Waals surface area contributed by atoms with E-state index in [4.69, 9.17) is 14.2 Å². The number of likely N-dealkylation sites (N-methyl/N-ethyl adjacent to an activating group) is 1. The first kappa shape index (κ1) is 17.5. The van der Waals surface area contributed by atoms with Gasteiger partial charge < -0.3 is 19.5 Å². The molecule has 0 bridgehead atoms. The van der Waals surface area contributed by atoms with Crippen molar-refractivity contribution >= 4 is 5.78 Å². The fraction of sp³-hybridized carbons (Fsp3) is 0.923. The van der Waals surface area contributed by atoms with E-state index in [2.05, 4.69) is 5.32 Å². The van der Waals surface area contributed by atoms with E-state index in [1.54, 1.807) is 0 Å². The van der Waals surface area contributed by atoms with Gasteiger partial charge in [0.2, 0.25) is 0 Å². The molecule has 0 aromatic heterocycles. The van der Waals surface area contributed by atoms with Crippen LogP contribution in [-0.4, -0.2) is 59.0 Å². The molecule has 0 saturated carbocycles. The van der Waals surface area contributed by atoms with E-state index < -0.39 is 0 Å². The zero-order chi connectivity index (χ0) is 13.9. The molecule has 108 valence electrons. The van der Waals surface area contributed by atoms with Gasteiger partial charge in [-0.3, -0.25) is 4.79 Å². The summed E-state index contributed by atoms with van der Waals surface area (Å²) in [4.78, 5) is 11.5. The summed E-state index contributed by atoms with van der Waals surface area (Å²) < 4.78 is 15.8. The SMILES string of the molecule is CNCCOCCOCCOCC(=O)C(C)(C)C. The molecule has 0 fully saturated rings. The van der Waals surface area contributed by atoms with Crippen LogP contribution in [0.3, 0.4) is 0 Å². The Labute approximate surface area is 110 Å². The summed E-state index contributed by atoms with van der Waals surface area (Å²) in [6.07, 6.45) is 0. The second-order valence-corrected chi connectivity index (χ2v) is 5.05. The summed E-state index contributed by atoms with van der Waals surface area (Å²) in [7, 11) is 1.88. The van der Waals surface area contributed by atoms with Gasteiger partial charge in [-0.1, -0.05) is 20.8 Å². The molecule has 0 rings (SSSR count). The Morgan fingerprint density at radius 1 is 0.944 bits per heavy atom. The van der Waals surface area contributed by atoms with Crippen molar-refractivity contribution in [1.82, 2.24) is 5.32 Å². The maximum atomic E-state index is 11.5. The van der Waals surface area contributed by atoms with Crippen molar-refractivity contribution in [2.45, 2.75) is 20.8 Å². The number of hydrogen-bond acceptors (Lipinski definition) is 5. The van der Waals surface area contributed by atoms with Gasteiger partial charge in [-0.05, 0) is 7.05 Å². The lowest BCUT2D eigenvalue weighted by Crippen LogP contribution is -2.25. The van der Waals surface area contributed by atoms with Gasteiger partial charge in [0.1, 0.15) is 6.61 Å². The molecule has 0 aromatic rings. The van der Waals surface area contributed by atoms with E-state index in [9.17, 15) is 4.79 Å². The van der Waals surface area contributed by atoms with Crippen LogP contribution >= 0.6 is 0 Å². The average Bonchev–Trinajstić information content (AvgIpc) is 2.30. The van der Waals surface area contributed by atoms with Crippen LogP contribution in [0.1, 0.15) is 20.8 Å². The van der Waals surface area contributed by atoms with Gasteiger partial charge in [-0.2, -0.15) is 0 Å². The monoisotopic (exact) mass is 261 g/mol. The molecule has 0 amide bonds. The van der Waals surface area contributed by atoms with Crippen molar-refractivity contribution < 1.29 is 19.0 Å². The maximum Gasteiger partial charge on any atom is 0.163 e. The molecule has 0 spiro atoms. The number of ether oxygens (including phenoxy) is 3. The molecular weight excluding hydrogens is 234 g/mol. The Morgan fingerprint density at radius 2 is 1.44 bits per heavy atom. The van der Waals surface area contributed by atoms with Crippen LogP contribution in [-0.2, 0) is 19.0 Å². The minimum Gasteiger partial charge on any atom is -0.378 e. The van der Waals surface area contributed by atoms with Gasteiger partial charge in [-0.25, -0.2) is 0 Å². The van der Waals surface area contributed by atoms with E-state index in [0.717, 1.165) is 6.54 Å². The van der Waals surface area contributed by atoms with Gasteiger partial charge in [-0.15, -0.1) is 0 Å². The van der Waals surface area contributed by atoms with Crippen LogP contribution in [0, 0.1) is 5.41 Å². The van der Waals surface area contributed by atoms with Gasteiger partial charge in [0.15, 0.2) is 5.78 Å². The first-order valence-corrected chi connectivity index (χ1v) is 6.39. The summed E-state index contributed by atoms with van der Waals surface area (Å²) in [5.41, 5.74) is -0.331. The first-order chi connectivity index (χ1) is 8.48. The lowest BCUT2D eigenvalue weighted by Gasteiger charge is -2.16. The summed E-state index contributed by atoms with van der Waals surface area (Å²) in [6, 6.07) is 0. The highest BCUT2D eigenvalue weighted by Gasteiger charge is 2.20. The van der Waals surface area contributed by atoms with Crippen LogP contribution in [0.5, 0.6) is 0 Å². The number of hydrogen-bond donors (Lipinski definition) is 1. The topological polar surface area (TPSA) is 56.8 Å². The van der Waals surface area contributed by atoms with Gasteiger partial charge in [0.25, 0.3) is 0 Å². The van der Waals surface area contributed by atoms with Crippen LogP contribution in [0.15, 0.2) is 0 Å². The van der Waals surface area contributed by atoms with Gasteiger partial charge in [0, 0.05) is 12.0 Å². The number of nitrogens with one attached hydrogen (secondary N) is 1. The fourth-order valence-electron chi connectivity index (χ4n) is 0.995. The molecule has 0 radical (unpaired) electrons. The van der Waals surface area contributed by atoms with Crippen molar-refractivity contribution in [3.05, 3.63) is 0 Å². The Morgan fingerprint density at radius 3 is 1.94 bits per heavy atom. The smallest absolute Gasteiger partial charge is 0.163 e. The third-order valence-electron chi connectivity index (χ3n) is 2.31. The number of ketones is 1. The van der Waals surface area contributed by atoms with E-state index >= 15 is 0 Å². The maximum absolute atomic E-state index is 11.5. The standard InChI is InChI=1S/C13H27NO4/c1-13(2,3)12(15)11-18-10-9-17-8-7-16-6-5-14-4/h14H,5-11H2,1-4H3. The van der Waals surface area contributed by atoms with Crippen molar-refractivity contribution in [3.63, 3.8) is 0 Å². The molecule has 5 heteroatoms. The third kappa shape index (κ3) is 10.7. The zero-order valence-corrected chi connectivity index (χ0v) is 12.1. The Hall–Kier alpha value is -0.490. The zero-order valence-electron chi connectivity index (χ0n) is 12.1. The van der Waals surface area contributed by atoms with Crippen LogP contribution in [0.25, 0.3) is 0 Å². The fourth-order valence-corrected chi connectivity index (χ4v) is 0.995. The number of carbonyl (C=O) groups is 1. The quantitative estimate of drug-likeness (QED) is 0.559. The summed E-state index contributed by atoms with van der Waals surface area (Å²) in [5.74, 6) is 0.109. The molecule has 0 saturated heterocycles. The number of carbonyl (C=O) groups excluding carboxylic acids is 1. The summed E-state index contributed by atoms with van der Waals surface area (Å²) >= 11 is 0. The predicted octanol–water partition coefficient (Wildman–Crippen LogP) is 0.871. The molecule has 1 N–H and O–H groups in total. The highest BCUT2D eigenvalue weighted by Crippen LogP contribution is 2.14. The van der Waals surface area contributed by atoms with Crippen molar-refractivity contribution in [2.24, 2.45) is 5.41 Å². The third-order valence-corrected chi connectivity index (χ3v) is 2.31. The van der Waals surface area contributed by atoms with Crippen molar-refractivity contribution in [1.29, 1.82) is 0 Å². The van der Waals surface area contributed by atoms with Crippen LogP contribution in [0.2, 0.25) is 0 Å². The molecule has 0 aliphatic heterocycles. The highest BCUT2D eigenvalue weighted by atomic mass is 16.5. The molecule has 0 aliphatic carbocycles. The Kier molecular flexibility index (Phi) is 10.2. The lowest BCUT2D eigenvalue weighted by atomic mass is 9.91. The molecule has 5 nitrogen and oxygen atoms in total. The van der Waals surface area contributed by atoms with E-state index in [1.165, 1.54) is 0 Å². The molecular formula is C13H27NO4. The predicted molar refractivity (Wildman–Crippen MR) is 70.8 cm³/mol. The summed E-state index contributed by atoms with van der Waals surface area (Å²) in [6.45, 7) is 9.43. The summed E-state index contributed by atoms with van der Waals surface area (Å²) in [5, 5.41) is 2.99. The highest BCUT2D eigenvalue weighted by molar-refractivity contribution is 5.84. The Bertz CT molecular complexity index is 214. The van der Waals surface area contributed by atoms with Gasteiger partial charge in [0.05, 0.1) is 33.0 Å². The number of rotatable bonds is 11. The molecule has 0 atom stereocenters. The molecule has 0 unspecified atom stereocenters. The van der Waals surface area contributed by atoms with Crippen molar-refractivity contribution in [2.75, 3.05) is 53.2 Å². The van der Waals surface area contributed by atoms with E-state index in [0.29, 0.717) is 33.0 Å². The van der Waals surface area contributed by atoms with E-state index in [1.807, 2.05) is 27.8 Å². The molecule has 0 heterocycles. The Balaban J connectivity index is 3.19. The normalized spacial score (nSPS) is 11.8. The average molecular weight is 261 g/mol. The van der Waals surface area contributed by atoms with Crippen LogP contribution in [0.4, 0.5) is 0 Å². The minimum atomic E-state index is -0.331. The molecule has 0 aliphatic rings.